The molecular weight excluding hydrogens is 454 g/mol. The molecule has 2 aromatic carbocycles. The smallest absolute Gasteiger partial charge is 0.270 e. The van der Waals surface area contributed by atoms with Crippen molar-refractivity contribution in [2.24, 2.45) is 0 Å². The number of nitro benzene ring substituents is 1. The largest absolute Gasteiger partial charge is 0.457 e. The Morgan fingerprint density at radius 2 is 2.00 bits per heavy atom. The van der Waals surface area contributed by atoms with Crippen LogP contribution in [0.1, 0.15) is 21.9 Å². The molecule has 1 amide bonds. The predicted octanol–water partition coefficient (Wildman–Crippen LogP) is 5.15. The Labute approximate surface area is 198 Å². The number of nitrogens with zero attached hydrogens (tertiary/aromatic N) is 4. The Kier molecular flexibility index (Phi) is 6.57. The monoisotopic (exact) mass is 471 g/mol. The standard InChI is InChI=1S/C24H17N5O4S/c1-15-7-8-18(29(31)32)13-20(15)21-10-9-19(33-21)12-17(14-25)23(30)26-24-28-27-22(34-24)11-16-5-3-2-4-6-16/h2-10,12-13H,11H2,1H3,(H,26,28,30)/b17-12-. The van der Waals surface area contributed by atoms with Crippen LogP contribution in [-0.4, -0.2) is 21.0 Å². The number of aryl methyl sites for hydroxylation is 1. The first-order valence-electron chi connectivity index (χ1n) is 10.1. The van der Waals surface area contributed by atoms with Gasteiger partial charge in [-0.15, -0.1) is 10.2 Å². The highest BCUT2D eigenvalue weighted by molar-refractivity contribution is 7.15. The van der Waals surface area contributed by atoms with E-state index in [1.54, 1.807) is 25.1 Å². The van der Waals surface area contributed by atoms with E-state index in [4.69, 9.17) is 4.42 Å². The number of rotatable bonds is 7. The molecule has 10 heteroatoms. The average Bonchev–Trinajstić information content (AvgIpc) is 3.47. The van der Waals surface area contributed by atoms with Crippen LogP contribution >= 0.6 is 11.3 Å². The van der Waals surface area contributed by atoms with E-state index >= 15 is 0 Å². The van der Waals surface area contributed by atoms with Crippen molar-refractivity contribution in [3.63, 3.8) is 0 Å². The van der Waals surface area contributed by atoms with Gasteiger partial charge in [-0.25, -0.2) is 0 Å². The fourth-order valence-electron chi connectivity index (χ4n) is 3.17. The maximum absolute atomic E-state index is 12.6. The molecule has 2 heterocycles. The van der Waals surface area contributed by atoms with Crippen molar-refractivity contribution in [3.05, 3.63) is 98.2 Å². The van der Waals surface area contributed by atoms with Crippen molar-refractivity contribution in [1.29, 1.82) is 5.26 Å². The van der Waals surface area contributed by atoms with E-state index in [0.717, 1.165) is 16.1 Å². The second kappa shape index (κ2) is 9.89. The number of benzene rings is 2. The number of aromatic nitrogens is 2. The number of hydrogen-bond donors (Lipinski definition) is 1. The van der Waals surface area contributed by atoms with Crippen molar-refractivity contribution in [2.45, 2.75) is 13.3 Å². The molecule has 1 N–H and O–H groups in total. The van der Waals surface area contributed by atoms with Crippen LogP contribution in [0.3, 0.4) is 0 Å². The van der Waals surface area contributed by atoms with E-state index in [9.17, 15) is 20.2 Å². The third-order valence-electron chi connectivity index (χ3n) is 4.86. The second-order valence-electron chi connectivity index (χ2n) is 7.25. The third kappa shape index (κ3) is 5.23. The first-order chi connectivity index (χ1) is 16.4. The zero-order valence-electron chi connectivity index (χ0n) is 17.9. The van der Waals surface area contributed by atoms with Crippen LogP contribution in [0.15, 0.2) is 70.7 Å². The van der Waals surface area contributed by atoms with E-state index in [1.807, 2.05) is 36.4 Å². The van der Waals surface area contributed by atoms with Gasteiger partial charge in [0.25, 0.3) is 11.6 Å². The van der Waals surface area contributed by atoms with Gasteiger partial charge in [-0.05, 0) is 30.2 Å². The Balaban J connectivity index is 1.49. The predicted molar refractivity (Wildman–Crippen MR) is 127 cm³/mol. The molecule has 0 radical (unpaired) electrons. The van der Waals surface area contributed by atoms with Gasteiger partial charge in [-0.3, -0.25) is 20.2 Å². The van der Waals surface area contributed by atoms with Gasteiger partial charge in [0.05, 0.1) is 4.92 Å². The van der Waals surface area contributed by atoms with Crippen LogP contribution in [0.25, 0.3) is 17.4 Å². The number of nitro groups is 1. The van der Waals surface area contributed by atoms with Gasteiger partial charge in [-0.2, -0.15) is 5.26 Å². The van der Waals surface area contributed by atoms with Gasteiger partial charge in [0.15, 0.2) is 0 Å². The van der Waals surface area contributed by atoms with Crippen LogP contribution in [-0.2, 0) is 11.2 Å². The van der Waals surface area contributed by atoms with Gasteiger partial charge in [0.1, 0.15) is 28.2 Å². The van der Waals surface area contributed by atoms with E-state index < -0.39 is 10.8 Å². The van der Waals surface area contributed by atoms with Crippen LogP contribution < -0.4 is 5.32 Å². The fourth-order valence-corrected chi connectivity index (χ4v) is 3.93. The number of non-ortho nitro benzene ring substituents is 1. The van der Waals surface area contributed by atoms with Crippen LogP contribution in [0, 0.1) is 28.4 Å². The Hall–Kier alpha value is -4.62. The first kappa shape index (κ1) is 22.6. The van der Waals surface area contributed by atoms with E-state index in [0.29, 0.717) is 17.7 Å². The summed E-state index contributed by atoms with van der Waals surface area (Å²) in [6.45, 7) is 1.80. The van der Waals surface area contributed by atoms with E-state index in [-0.39, 0.29) is 22.2 Å². The molecule has 0 atom stereocenters. The maximum Gasteiger partial charge on any atom is 0.270 e. The highest BCUT2D eigenvalue weighted by Crippen LogP contribution is 2.30. The molecule has 0 saturated heterocycles. The SMILES string of the molecule is Cc1ccc([N+](=O)[O-])cc1-c1ccc(/C=C(/C#N)C(=O)Nc2nnc(Cc3ccccc3)s2)o1. The number of nitriles is 1. The van der Waals surface area contributed by atoms with Crippen molar-refractivity contribution < 1.29 is 14.1 Å². The summed E-state index contributed by atoms with van der Waals surface area (Å²) in [4.78, 5) is 23.2. The topological polar surface area (TPSA) is 135 Å². The minimum atomic E-state index is -0.644. The lowest BCUT2D eigenvalue weighted by molar-refractivity contribution is -0.384. The molecule has 0 aliphatic carbocycles. The number of furan rings is 1. The molecule has 168 valence electrons. The lowest BCUT2D eigenvalue weighted by Gasteiger charge is -2.02. The van der Waals surface area contributed by atoms with Gasteiger partial charge in [0, 0.05) is 30.2 Å². The highest BCUT2D eigenvalue weighted by Gasteiger charge is 2.16. The summed E-state index contributed by atoms with van der Waals surface area (Å²) in [6.07, 6.45) is 1.89. The second-order valence-corrected chi connectivity index (χ2v) is 8.31. The Morgan fingerprint density at radius 1 is 1.21 bits per heavy atom. The minimum Gasteiger partial charge on any atom is -0.457 e. The lowest BCUT2D eigenvalue weighted by atomic mass is 10.1. The summed E-state index contributed by atoms with van der Waals surface area (Å²) in [5.74, 6) is 0.00357. The molecule has 0 aliphatic rings. The number of hydrogen-bond acceptors (Lipinski definition) is 8. The maximum atomic E-state index is 12.6. The van der Waals surface area contributed by atoms with Crippen molar-refractivity contribution in [3.8, 4) is 17.4 Å². The molecule has 0 bridgehead atoms. The third-order valence-corrected chi connectivity index (χ3v) is 5.70. The highest BCUT2D eigenvalue weighted by atomic mass is 32.1. The van der Waals surface area contributed by atoms with Crippen LogP contribution in [0.4, 0.5) is 10.8 Å². The average molecular weight is 471 g/mol. The number of anilines is 1. The summed E-state index contributed by atoms with van der Waals surface area (Å²) in [7, 11) is 0. The summed E-state index contributed by atoms with van der Waals surface area (Å²) in [5, 5.41) is 32.2. The van der Waals surface area contributed by atoms with Crippen molar-refractivity contribution in [1.82, 2.24) is 10.2 Å². The van der Waals surface area contributed by atoms with Gasteiger partial charge < -0.3 is 4.42 Å². The molecular formula is C24H17N5O4S. The van der Waals surface area contributed by atoms with E-state index in [2.05, 4.69) is 15.5 Å². The minimum absolute atomic E-state index is 0.0603. The molecule has 2 aromatic heterocycles. The van der Waals surface area contributed by atoms with Gasteiger partial charge in [0.2, 0.25) is 5.13 Å². The first-order valence-corrected chi connectivity index (χ1v) is 10.9. The molecule has 4 rings (SSSR count). The van der Waals surface area contributed by atoms with Crippen molar-refractivity contribution >= 4 is 34.1 Å². The van der Waals surface area contributed by atoms with E-state index in [1.165, 1.54) is 29.5 Å². The molecule has 0 saturated carbocycles. The summed E-state index contributed by atoms with van der Waals surface area (Å²) in [5.41, 5.74) is 2.17. The molecule has 34 heavy (non-hydrogen) atoms. The molecule has 0 spiro atoms. The quantitative estimate of drug-likeness (QED) is 0.170. The fraction of sp³-hybridized carbons (Fsp3) is 0.0833. The number of nitrogens with one attached hydrogen (secondary N) is 1. The normalized spacial score (nSPS) is 11.1. The Bertz CT molecular complexity index is 1430. The molecule has 0 fully saturated rings. The summed E-state index contributed by atoms with van der Waals surface area (Å²) < 4.78 is 5.73. The number of carbonyl (C=O) groups excluding carboxylic acids is 1. The van der Waals surface area contributed by atoms with Crippen LogP contribution in [0.5, 0.6) is 0 Å². The number of amides is 1. The van der Waals surface area contributed by atoms with Gasteiger partial charge >= 0.3 is 0 Å². The van der Waals surface area contributed by atoms with Gasteiger partial charge in [-0.1, -0.05) is 47.7 Å². The zero-order valence-corrected chi connectivity index (χ0v) is 18.7. The molecule has 4 aromatic rings. The number of carbonyl (C=O) groups is 1. The molecule has 0 aliphatic heterocycles. The Morgan fingerprint density at radius 3 is 2.74 bits per heavy atom. The van der Waals surface area contributed by atoms with Crippen LogP contribution in [0.2, 0.25) is 0 Å². The van der Waals surface area contributed by atoms with Crippen molar-refractivity contribution in [2.75, 3.05) is 5.32 Å². The summed E-state index contributed by atoms with van der Waals surface area (Å²) in [6, 6.07) is 19.3. The summed E-state index contributed by atoms with van der Waals surface area (Å²) >= 11 is 1.23. The molecule has 0 unspecified atom stereocenters. The molecule has 9 nitrogen and oxygen atoms in total. The lowest BCUT2D eigenvalue weighted by Crippen LogP contribution is -2.13. The zero-order chi connectivity index (χ0) is 24.1.